The summed E-state index contributed by atoms with van der Waals surface area (Å²) >= 11 is 0. The molecule has 2 rings (SSSR count). The van der Waals surface area contributed by atoms with Gasteiger partial charge in [-0.1, -0.05) is 25.0 Å². The van der Waals surface area contributed by atoms with Crippen LogP contribution in [0.5, 0.6) is 11.5 Å². The highest BCUT2D eigenvalue weighted by Gasteiger charge is 2.18. The quantitative estimate of drug-likeness (QED) is 0.522. The smallest absolute Gasteiger partial charge is 0.191 e. The molecule has 6 nitrogen and oxygen atoms in total. The van der Waals surface area contributed by atoms with Crippen LogP contribution in [0.4, 0.5) is 0 Å². The fourth-order valence-electron chi connectivity index (χ4n) is 3.31. The number of guanidine groups is 1. The van der Waals surface area contributed by atoms with Gasteiger partial charge in [-0.05, 0) is 38.9 Å². The molecule has 6 heteroatoms. The van der Waals surface area contributed by atoms with Gasteiger partial charge in [0.1, 0.15) is 6.10 Å². The molecule has 0 amide bonds. The number of ether oxygens (including phenoxy) is 2. The molecule has 0 saturated heterocycles. The fraction of sp³-hybridized carbons (Fsp3) is 0.650. The van der Waals surface area contributed by atoms with Crippen molar-refractivity contribution in [1.82, 2.24) is 15.5 Å². The number of hydrogen-bond donors (Lipinski definition) is 2. The largest absolute Gasteiger partial charge is 0.493 e. The van der Waals surface area contributed by atoms with Gasteiger partial charge in [0.05, 0.1) is 13.7 Å². The Morgan fingerprint density at radius 1 is 1.23 bits per heavy atom. The van der Waals surface area contributed by atoms with Gasteiger partial charge in [-0.2, -0.15) is 0 Å². The number of para-hydroxylation sites is 2. The Kier molecular flexibility index (Phi) is 8.54. The number of likely N-dealkylation sites (N-methyl/N-ethyl adjacent to an activating group) is 1. The monoisotopic (exact) mass is 362 g/mol. The number of benzene rings is 1. The van der Waals surface area contributed by atoms with E-state index in [0.29, 0.717) is 6.54 Å². The summed E-state index contributed by atoms with van der Waals surface area (Å²) in [6, 6.07) is 8.45. The molecule has 0 heterocycles. The lowest BCUT2D eigenvalue weighted by molar-refractivity contribution is 0.213. The third-order valence-electron chi connectivity index (χ3n) is 4.88. The first-order valence-corrected chi connectivity index (χ1v) is 9.58. The first-order chi connectivity index (χ1) is 12.6. The molecule has 1 aromatic carbocycles. The predicted molar refractivity (Wildman–Crippen MR) is 107 cm³/mol. The van der Waals surface area contributed by atoms with Crippen molar-refractivity contribution in [3.8, 4) is 11.5 Å². The molecule has 146 valence electrons. The number of hydrogen-bond acceptors (Lipinski definition) is 4. The molecule has 1 fully saturated rings. The van der Waals surface area contributed by atoms with E-state index in [0.717, 1.165) is 36.6 Å². The predicted octanol–water partition coefficient (Wildman–Crippen LogP) is 2.50. The molecule has 1 saturated carbocycles. The molecule has 1 aromatic rings. The molecule has 1 aliphatic rings. The molecule has 0 radical (unpaired) electrons. The van der Waals surface area contributed by atoms with Crippen molar-refractivity contribution in [2.75, 3.05) is 40.8 Å². The van der Waals surface area contributed by atoms with E-state index < -0.39 is 0 Å². The van der Waals surface area contributed by atoms with E-state index in [1.165, 1.54) is 25.7 Å². The maximum absolute atomic E-state index is 5.96. The average molecular weight is 363 g/mol. The zero-order chi connectivity index (χ0) is 18.8. The Balaban J connectivity index is 1.69. The average Bonchev–Trinajstić information content (AvgIpc) is 3.19. The van der Waals surface area contributed by atoms with Crippen LogP contribution in [0, 0.1) is 0 Å². The summed E-state index contributed by atoms with van der Waals surface area (Å²) in [6.07, 6.45) is 5.40. The van der Waals surface area contributed by atoms with Gasteiger partial charge in [0, 0.05) is 26.2 Å². The van der Waals surface area contributed by atoms with Crippen LogP contribution in [0.25, 0.3) is 0 Å². The maximum Gasteiger partial charge on any atom is 0.191 e. The minimum absolute atomic E-state index is 0.00832. The second-order valence-electron chi connectivity index (χ2n) is 6.88. The van der Waals surface area contributed by atoms with E-state index in [1.54, 1.807) is 14.2 Å². The standard InChI is InChI=1S/C20H34N4O2/c1-16(26-19-12-8-7-11-18(19)25-4)15-23-20(21-2)22-13-14-24(3)17-9-5-6-10-17/h7-8,11-12,16-17H,5-6,9-10,13-15H2,1-4H3,(H2,21,22,23). The van der Waals surface area contributed by atoms with Crippen molar-refractivity contribution in [3.63, 3.8) is 0 Å². The Hall–Kier alpha value is -1.95. The summed E-state index contributed by atoms with van der Waals surface area (Å²) < 4.78 is 11.3. The Morgan fingerprint density at radius 3 is 2.58 bits per heavy atom. The summed E-state index contributed by atoms with van der Waals surface area (Å²) in [6.45, 7) is 4.60. The molecule has 0 aromatic heterocycles. The number of methoxy groups -OCH3 is 1. The minimum Gasteiger partial charge on any atom is -0.493 e. The van der Waals surface area contributed by atoms with Crippen LogP contribution in [0.2, 0.25) is 0 Å². The lowest BCUT2D eigenvalue weighted by Gasteiger charge is -2.24. The van der Waals surface area contributed by atoms with Gasteiger partial charge in [0.25, 0.3) is 0 Å². The summed E-state index contributed by atoms with van der Waals surface area (Å²) in [4.78, 5) is 6.75. The van der Waals surface area contributed by atoms with E-state index in [9.17, 15) is 0 Å². The number of nitrogens with zero attached hydrogens (tertiary/aromatic N) is 2. The van der Waals surface area contributed by atoms with Gasteiger partial charge in [-0.15, -0.1) is 0 Å². The maximum atomic E-state index is 5.96. The van der Waals surface area contributed by atoms with Crippen LogP contribution >= 0.6 is 0 Å². The van der Waals surface area contributed by atoms with E-state index in [2.05, 4.69) is 27.6 Å². The van der Waals surface area contributed by atoms with Gasteiger partial charge >= 0.3 is 0 Å². The van der Waals surface area contributed by atoms with Crippen molar-refractivity contribution in [2.24, 2.45) is 4.99 Å². The molecule has 1 unspecified atom stereocenters. The second kappa shape index (κ2) is 10.9. The second-order valence-corrected chi connectivity index (χ2v) is 6.88. The lowest BCUT2D eigenvalue weighted by Crippen LogP contribution is -2.45. The zero-order valence-electron chi connectivity index (χ0n) is 16.6. The fourth-order valence-corrected chi connectivity index (χ4v) is 3.31. The molecule has 26 heavy (non-hydrogen) atoms. The number of rotatable bonds is 9. The van der Waals surface area contributed by atoms with E-state index in [1.807, 2.05) is 31.2 Å². The molecule has 0 aliphatic heterocycles. The highest BCUT2D eigenvalue weighted by Crippen LogP contribution is 2.26. The minimum atomic E-state index is -0.00832. The molecule has 0 bridgehead atoms. The molecule has 1 atom stereocenters. The van der Waals surface area contributed by atoms with Crippen LogP contribution in [0.1, 0.15) is 32.6 Å². The summed E-state index contributed by atoms with van der Waals surface area (Å²) in [5.74, 6) is 2.31. The molecule has 1 aliphatic carbocycles. The number of nitrogens with one attached hydrogen (secondary N) is 2. The molecule has 0 spiro atoms. The van der Waals surface area contributed by atoms with Crippen molar-refractivity contribution in [3.05, 3.63) is 24.3 Å². The van der Waals surface area contributed by atoms with E-state index in [4.69, 9.17) is 9.47 Å². The van der Waals surface area contributed by atoms with Crippen molar-refractivity contribution >= 4 is 5.96 Å². The van der Waals surface area contributed by atoms with Crippen molar-refractivity contribution < 1.29 is 9.47 Å². The topological polar surface area (TPSA) is 58.1 Å². The highest BCUT2D eigenvalue weighted by atomic mass is 16.5. The summed E-state index contributed by atoms with van der Waals surface area (Å²) in [7, 11) is 5.66. The zero-order valence-corrected chi connectivity index (χ0v) is 16.6. The Bertz CT molecular complexity index is 558. The highest BCUT2D eigenvalue weighted by molar-refractivity contribution is 5.79. The number of aliphatic imine (C=N–C) groups is 1. The first kappa shape index (κ1) is 20.4. The summed E-state index contributed by atoms with van der Waals surface area (Å²) in [5.41, 5.74) is 0. The van der Waals surface area contributed by atoms with Crippen LogP contribution < -0.4 is 20.1 Å². The molecular formula is C20H34N4O2. The Labute approximate surface area is 158 Å². The van der Waals surface area contributed by atoms with Crippen molar-refractivity contribution in [2.45, 2.75) is 44.8 Å². The van der Waals surface area contributed by atoms with Gasteiger partial charge in [-0.3, -0.25) is 4.99 Å². The van der Waals surface area contributed by atoms with Gasteiger partial charge in [-0.25, -0.2) is 0 Å². The van der Waals surface area contributed by atoms with Gasteiger partial charge in [0.15, 0.2) is 17.5 Å². The van der Waals surface area contributed by atoms with Crippen LogP contribution in [0.15, 0.2) is 29.3 Å². The normalized spacial score (nSPS) is 16.6. The van der Waals surface area contributed by atoms with Crippen LogP contribution in [0.3, 0.4) is 0 Å². The summed E-state index contributed by atoms with van der Waals surface area (Å²) in [5, 5.41) is 6.71. The van der Waals surface area contributed by atoms with Crippen molar-refractivity contribution in [1.29, 1.82) is 0 Å². The molecular weight excluding hydrogens is 328 g/mol. The van der Waals surface area contributed by atoms with E-state index in [-0.39, 0.29) is 6.10 Å². The van der Waals surface area contributed by atoms with Gasteiger partial charge in [0.2, 0.25) is 0 Å². The van der Waals surface area contributed by atoms with E-state index >= 15 is 0 Å². The third-order valence-corrected chi connectivity index (χ3v) is 4.88. The Morgan fingerprint density at radius 2 is 1.92 bits per heavy atom. The SMILES string of the molecule is CN=C(NCCN(C)C1CCCC1)NCC(C)Oc1ccccc1OC. The first-order valence-electron chi connectivity index (χ1n) is 9.58. The van der Waals surface area contributed by atoms with Crippen LogP contribution in [-0.4, -0.2) is 63.8 Å². The van der Waals surface area contributed by atoms with Crippen LogP contribution in [-0.2, 0) is 0 Å². The van der Waals surface area contributed by atoms with Gasteiger partial charge < -0.3 is 25.0 Å². The lowest BCUT2D eigenvalue weighted by atomic mass is 10.2. The third kappa shape index (κ3) is 6.41. The molecule has 2 N–H and O–H groups in total.